The van der Waals surface area contributed by atoms with Crippen LogP contribution in [-0.2, 0) is 0 Å². The molecule has 1 heterocycles. The van der Waals surface area contributed by atoms with Crippen molar-refractivity contribution in [1.82, 2.24) is 9.78 Å². The van der Waals surface area contributed by atoms with E-state index in [1.165, 1.54) is 10.8 Å². The molecule has 0 unspecified atom stereocenters. The second-order valence-corrected chi connectivity index (χ2v) is 6.09. The average Bonchev–Trinajstić information content (AvgIpc) is 2.98. The predicted octanol–water partition coefficient (Wildman–Crippen LogP) is 4.70. The van der Waals surface area contributed by atoms with Crippen molar-refractivity contribution < 1.29 is 0 Å². The third-order valence-electron chi connectivity index (χ3n) is 3.70. The molecule has 7 heteroatoms. The number of rotatable bonds is 3. The molecule has 0 fully saturated rings. The van der Waals surface area contributed by atoms with Crippen molar-refractivity contribution in [2.45, 2.75) is 0 Å². The lowest BCUT2D eigenvalue weighted by molar-refractivity contribution is 0.885. The number of nitrogen functional groups attached to an aromatic ring is 1. The fourth-order valence-electron chi connectivity index (χ4n) is 2.44. The number of para-hydroxylation sites is 1. The van der Waals surface area contributed by atoms with Crippen LogP contribution < -0.4 is 5.73 Å². The van der Waals surface area contributed by atoms with E-state index in [-0.39, 0.29) is 22.6 Å². The lowest BCUT2D eigenvalue weighted by Crippen LogP contribution is -2.02. The van der Waals surface area contributed by atoms with Crippen molar-refractivity contribution in [1.29, 1.82) is 10.5 Å². The third-order valence-corrected chi connectivity index (χ3v) is 4.36. The van der Waals surface area contributed by atoms with Crippen LogP contribution in [-0.4, -0.2) is 9.78 Å². The summed E-state index contributed by atoms with van der Waals surface area (Å²) in [5.74, 6) is 0.153. The van der Waals surface area contributed by atoms with Gasteiger partial charge in [0.1, 0.15) is 29.2 Å². The number of aromatic nitrogens is 2. The summed E-state index contributed by atoms with van der Waals surface area (Å²) in [6, 6.07) is 18.2. The number of benzene rings is 2. The number of hydrogen-bond donors (Lipinski definition) is 1. The Morgan fingerprint density at radius 3 is 2.27 bits per heavy atom. The highest BCUT2D eigenvalue weighted by molar-refractivity contribution is 6.37. The van der Waals surface area contributed by atoms with Gasteiger partial charge < -0.3 is 5.73 Å². The summed E-state index contributed by atoms with van der Waals surface area (Å²) >= 11 is 12.3. The third kappa shape index (κ3) is 3.14. The van der Waals surface area contributed by atoms with Gasteiger partial charge in [-0.1, -0.05) is 47.5 Å². The van der Waals surface area contributed by atoms with Gasteiger partial charge in [0.25, 0.3) is 0 Å². The largest absolute Gasteiger partial charge is 0.382 e. The standard InChI is InChI=1S/C19H11Cl2N5/c20-16-7-4-8-17(21)14(16)9-12(10-22)18-15(11-23)19(24)26(25-18)13-5-2-1-3-6-13/h1-9H,24H2. The molecule has 0 amide bonds. The first-order valence-corrected chi connectivity index (χ1v) is 8.22. The zero-order valence-corrected chi connectivity index (χ0v) is 14.8. The maximum atomic E-state index is 9.61. The van der Waals surface area contributed by atoms with Crippen molar-refractivity contribution in [3.05, 3.63) is 75.4 Å². The second kappa shape index (κ2) is 7.33. The van der Waals surface area contributed by atoms with Crippen molar-refractivity contribution >= 4 is 40.7 Å². The molecule has 3 rings (SSSR count). The van der Waals surface area contributed by atoms with Gasteiger partial charge in [-0.25, -0.2) is 4.68 Å². The summed E-state index contributed by atoms with van der Waals surface area (Å²) in [5.41, 5.74) is 7.66. The van der Waals surface area contributed by atoms with Crippen LogP contribution in [0.4, 0.5) is 5.82 Å². The molecule has 0 radical (unpaired) electrons. The summed E-state index contributed by atoms with van der Waals surface area (Å²) in [4.78, 5) is 0. The minimum absolute atomic E-state index is 0.116. The van der Waals surface area contributed by atoms with Gasteiger partial charge >= 0.3 is 0 Å². The molecule has 0 aliphatic rings. The fraction of sp³-hybridized carbons (Fsp3) is 0. The zero-order valence-electron chi connectivity index (χ0n) is 13.3. The van der Waals surface area contributed by atoms with E-state index in [0.29, 0.717) is 21.3 Å². The zero-order chi connectivity index (χ0) is 18.7. The number of hydrogen-bond acceptors (Lipinski definition) is 4. The monoisotopic (exact) mass is 379 g/mol. The summed E-state index contributed by atoms with van der Waals surface area (Å²) in [7, 11) is 0. The highest BCUT2D eigenvalue weighted by atomic mass is 35.5. The van der Waals surface area contributed by atoms with Gasteiger partial charge in [-0.05, 0) is 30.3 Å². The first kappa shape index (κ1) is 17.6. The van der Waals surface area contributed by atoms with Crippen molar-refractivity contribution in [2.24, 2.45) is 0 Å². The molecule has 126 valence electrons. The average molecular weight is 380 g/mol. The Morgan fingerprint density at radius 1 is 1.04 bits per heavy atom. The molecule has 2 aromatic carbocycles. The quantitative estimate of drug-likeness (QED) is 0.667. The summed E-state index contributed by atoms with van der Waals surface area (Å²) in [5, 5.41) is 24.3. The Bertz CT molecular complexity index is 1070. The van der Waals surface area contributed by atoms with Crippen molar-refractivity contribution in [3.63, 3.8) is 0 Å². The van der Waals surface area contributed by atoms with Crippen LogP contribution in [0.5, 0.6) is 0 Å². The van der Waals surface area contributed by atoms with E-state index in [2.05, 4.69) is 5.10 Å². The Balaban J connectivity index is 2.21. The Hall–Kier alpha value is -3.25. The molecule has 5 nitrogen and oxygen atoms in total. The number of anilines is 1. The van der Waals surface area contributed by atoms with Crippen LogP contribution in [0.2, 0.25) is 10.0 Å². The van der Waals surface area contributed by atoms with Gasteiger partial charge in [0.15, 0.2) is 0 Å². The SMILES string of the molecule is N#CC(=Cc1c(Cl)cccc1Cl)c1nn(-c2ccccc2)c(N)c1C#N. The van der Waals surface area contributed by atoms with E-state index in [1.807, 2.05) is 30.3 Å². The topological polar surface area (TPSA) is 91.4 Å². The van der Waals surface area contributed by atoms with Crippen LogP contribution in [0.1, 0.15) is 16.8 Å². The van der Waals surface area contributed by atoms with E-state index in [9.17, 15) is 10.5 Å². The lowest BCUT2D eigenvalue weighted by Gasteiger charge is -2.03. The van der Waals surface area contributed by atoms with Gasteiger partial charge in [-0.2, -0.15) is 15.6 Å². The smallest absolute Gasteiger partial charge is 0.145 e. The molecule has 2 N–H and O–H groups in total. The van der Waals surface area contributed by atoms with Crippen molar-refractivity contribution in [3.8, 4) is 17.8 Å². The second-order valence-electron chi connectivity index (χ2n) is 5.27. The normalized spacial score (nSPS) is 11.0. The van der Waals surface area contributed by atoms with E-state index < -0.39 is 0 Å². The molecular weight excluding hydrogens is 369 g/mol. The molecule has 0 bridgehead atoms. The molecule has 0 saturated heterocycles. The van der Waals surface area contributed by atoms with Crippen LogP contribution >= 0.6 is 23.2 Å². The van der Waals surface area contributed by atoms with Crippen LogP contribution in [0.3, 0.4) is 0 Å². The lowest BCUT2D eigenvalue weighted by atomic mass is 10.1. The van der Waals surface area contributed by atoms with E-state index >= 15 is 0 Å². The van der Waals surface area contributed by atoms with E-state index in [0.717, 1.165) is 0 Å². The first-order valence-electron chi connectivity index (χ1n) is 7.47. The minimum atomic E-state index is 0.116. The number of nitriles is 2. The van der Waals surface area contributed by atoms with Gasteiger partial charge in [0.2, 0.25) is 0 Å². The molecule has 26 heavy (non-hydrogen) atoms. The Kier molecular flexibility index (Phi) is 4.95. The highest BCUT2D eigenvalue weighted by Crippen LogP contribution is 2.31. The van der Waals surface area contributed by atoms with Crippen LogP contribution in [0.15, 0.2) is 48.5 Å². The number of nitrogens with two attached hydrogens (primary N) is 1. The summed E-state index contributed by atoms with van der Waals surface area (Å²) < 4.78 is 1.42. The highest BCUT2D eigenvalue weighted by Gasteiger charge is 2.20. The van der Waals surface area contributed by atoms with E-state index in [1.54, 1.807) is 30.3 Å². The van der Waals surface area contributed by atoms with Gasteiger partial charge in [0, 0.05) is 15.6 Å². The Morgan fingerprint density at radius 2 is 1.69 bits per heavy atom. The fourth-order valence-corrected chi connectivity index (χ4v) is 2.95. The number of allylic oxidation sites excluding steroid dienone is 1. The van der Waals surface area contributed by atoms with Gasteiger partial charge in [-0.3, -0.25) is 0 Å². The molecule has 0 atom stereocenters. The minimum Gasteiger partial charge on any atom is -0.382 e. The predicted molar refractivity (Wildman–Crippen MR) is 103 cm³/mol. The molecule has 0 aliphatic heterocycles. The van der Waals surface area contributed by atoms with Crippen LogP contribution in [0, 0.1) is 22.7 Å². The molecule has 0 spiro atoms. The summed E-state index contributed by atoms with van der Waals surface area (Å²) in [6.07, 6.45) is 1.50. The molecule has 1 aromatic heterocycles. The molecule has 0 saturated carbocycles. The maximum absolute atomic E-state index is 9.61. The number of nitrogens with zero attached hydrogens (tertiary/aromatic N) is 4. The Labute approximate surface area is 160 Å². The maximum Gasteiger partial charge on any atom is 0.145 e. The molecular formula is C19H11Cl2N5. The molecule has 0 aliphatic carbocycles. The van der Waals surface area contributed by atoms with Crippen molar-refractivity contribution in [2.75, 3.05) is 5.73 Å². The summed E-state index contributed by atoms with van der Waals surface area (Å²) in [6.45, 7) is 0. The van der Waals surface area contributed by atoms with Gasteiger partial charge in [0.05, 0.1) is 11.3 Å². The number of halogens is 2. The molecule has 3 aromatic rings. The first-order chi connectivity index (χ1) is 12.6. The van der Waals surface area contributed by atoms with Gasteiger partial charge in [-0.15, -0.1) is 0 Å². The van der Waals surface area contributed by atoms with Crippen LogP contribution in [0.25, 0.3) is 17.3 Å². The van der Waals surface area contributed by atoms with E-state index in [4.69, 9.17) is 28.9 Å².